The van der Waals surface area contributed by atoms with Gasteiger partial charge >= 0.3 is 0 Å². The molecule has 0 bridgehead atoms. The van der Waals surface area contributed by atoms with Crippen LogP contribution in [0, 0.1) is 0 Å². The largest absolute Gasteiger partial charge is 0.494 e. The summed E-state index contributed by atoms with van der Waals surface area (Å²) in [4.78, 5) is 24.2. The number of rotatable bonds is 6. The first-order chi connectivity index (χ1) is 12.0. The van der Waals surface area contributed by atoms with E-state index in [2.05, 4.69) is 17.8 Å². The number of halogens is 2. The van der Waals surface area contributed by atoms with Gasteiger partial charge in [0.25, 0.3) is 11.8 Å². The Morgan fingerprint density at radius 3 is 2.52 bits per heavy atom. The molecule has 0 saturated carbocycles. The average molecular weight is 381 g/mol. The van der Waals surface area contributed by atoms with Gasteiger partial charge in [-0.1, -0.05) is 42.6 Å². The van der Waals surface area contributed by atoms with Crippen LogP contribution in [0.2, 0.25) is 10.0 Å². The van der Waals surface area contributed by atoms with Crippen LogP contribution in [0.3, 0.4) is 0 Å². The van der Waals surface area contributed by atoms with Gasteiger partial charge in [0.2, 0.25) is 0 Å². The molecule has 0 aliphatic carbocycles. The number of carbonyl (C=O) groups is 2. The number of nitrogens with one attached hydrogen (secondary N) is 2. The second-order valence-electron chi connectivity index (χ2n) is 5.26. The van der Waals surface area contributed by atoms with Crippen molar-refractivity contribution in [3.63, 3.8) is 0 Å². The minimum atomic E-state index is -0.537. The fourth-order valence-electron chi connectivity index (χ4n) is 1.99. The molecular formula is C18H18Cl2N2O3. The fourth-order valence-corrected chi connectivity index (χ4v) is 2.48. The molecule has 25 heavy (non-hydrogen) atoms. The predicted octanol–water partition coefficient (Wildman–Crippen LogP) is 4.25. The van der Waals surface area contributed by atoms with Gasteiger partial charge in [-0.05, 0) is 42.8 Å². The van der Waals surface area contributed by atoms with Gasteiger partial charge in [-0.3, -0.25) is 20.4 Å². The summed E-state index contributed by atoms with van der Waals surface area (Å²) in [6.45, 7) is 2.66. The van der Waals surface area contributed by atoms with Crippen LogP contribution >= 0.6 is 23.2 Å². The first-order valence-corrected chi connectivity index (χ1v) is 8.55. The van der Waals surface area contributed by atoms with Crippen LogP contribution in [-0.2, 0) is 0 Å². The van der Waals surface area contributed by atoms with Gasteiger partial charge < -0.3 is 4.74 Å². The number of unbranched alkanes of at least 4 members (excludes halogenated alkanes) is 1. The highest BCUT2D eigenvalue weighted by molar-refractivity contribution is 6.36. The summed E-state index contributed by atoms with van der Waals surface area (Å²) in [5.74, 6) is -0.391. The first kappa shape index (κ1) is 19.1. The lowest BCUT2D eigenvalue weighted by atomic mass is 10.2. The van der Waals surface area contributed by atoms with E-state index in [4.69, 9.17) is 27.9 Å². The molecule has 132 valence electrons. The molecule has 2 aromatic rings. The number of benzene rings is 2. The number of carbonyl (C=O) groups excluding carboxylic acids is 2. The highest BCUT2D eigenvalue weighted by Gasteiger charge is 2.13. The van der Waals surface area contributed by atoms with Crippen LogP contribution in [0.5, 0.6) is 5.75 Å². The number of amides is 2. The third-order valence-electron chi connectivity index (χ3n) is 3.33. The van der Waals surface area contributed by atoms with E-state index in [1.165, 1.54) is 12.1 Å². The van der Waals surface area contributed by atoms with Gasteiger partial charge in [-0.25, -0.2) is 0 Å². The number of hydrogen-bond acceptors (Lipinski definition) is 3. The van der Waals surface area contributed by atoms with Crippen molar-refractivity contribution < 1.29 is 14.3 Å². The van der Waals surface area contributed by atoms with Crippen LogP contribution in [0.4, 0.5) is 0 Å². The molecule has 0 radical (unpaired) electrons. The Labute approximate surface area is 156 Å². The summed E-state index contributed by atoms with van der Waals surface area (Å²) < 4.78 is 5.56. The summed E-state index contributed by atoms with van der Waals surface area (Å²) in [6, 6.07) is 11.2. The van der Waals surface area contributed by atoms with Crippen LogP contribution in [0.25, 0.3) is 0 Å². The van der Waals surface area contributed by atoms with Crippen molar-refractivity contribution in [2.45, 2.75) is 19.8 Å². The zero-order valence-electron chi connectivity index (χ0n) is 13.6. The molecule has 0 aliphatic heterocycles. The lowest BCUT2D eigenvalue weighted by Gasteiger charge is -2.10. The molecule has 0 aromatic heterocycles. The van der Waals surface area contributed by atoms with E-state index < -0.39 is 11.8 Å². The van der Waals surface area contributed by atoms with Gasteiger partial charge in [0.1, 0.15) is 5.75 Å². The van der Waals surface area contributed by atoms with E-state index in [-0.39, 0.29) is 10.6 Å². The Kier molecular flexibility index (Phi) is 7.10. The maximum absolute atomic E-state index is 12.2. The molecule has 2 N–H and O–H groups in total. The maximum atomic E-state index is 12.2. The maximum Gasteiger partial charge on any atom is 0.271 e. The van der Waals surface area contributed by atoms with Gasteiger partial charge in [0.05, 0.1) is 17.2 Å². The molecular weight excluding hydrogens is 363 g/mol. The summed E-state index contributed by atoms with van der Waals surface area (Å²) in [5.41, 5.74) is 5.25. The molecule has 7 heteroatoms. The lowest BCUT2D eigenvalue weighted by Crippen LogP contribution is -2.41. The average Bonchev–Trinajstić information content (AvgIpc) is 2.60. The molecule has 0 fully saturated rings. The molecule has 2 amide bonds. The van der Waals surface area contributed by atoms with Crippen molar-refractivity contribution in [3.05, 3.63) is 63.6 Å². The van der Waals surface area contributed by atoms with E-state index >= 15 is 0 Å². The summed E-state index contributed by atoms with van der Waals surface area (Å²) in [7, 11) is 0. The highest BCUT2D eigenvalue weighted by Crippen LogP contribution is 2.20. The SMILES string of the molecule is CCCCOc1cccc(C(=O)NNC(=O)c2ccc(Cl)cc2Cl)c1. The van der Waals surface area contributed by atoms with Gasteiger partial charge in [0.15, 0.2) is 0 Å². The standard InChI is InChI=1S/C18H18Cl2N2O3/c1-2-3-9-25-14-6-4-5-12(10-14)17(23)21-22-18(24)15-8-7-13(19)11-16(15)20/h4-8,10-11H,2-3,9H2,1H3,(H,21,23)(H,22,24). The van der Waals surface area contributed by atoms with Crippen LogP contribution in [-0.4, -0.2) is 18.4 Å². The predicted molar refractivity (Wildman–Crippen MR) is 98.2 cm³/mol. The minimum Gasteiger partial charge on any atom is -0.494 e. The van der Waals surface area contributed by atoms with Crippen LogP contribution < -0.4 is 15.6 Å². The smallest absolute Gasteiger partial charge is 0.271 e. The van der Waals surface area contributed by atoms with Crippen LogP contribution in [0.15, 0.2) is 42.5 Å². The first-order valence-electron chi connectivity index (χ1n) is 7.80. The molecule has 0 spiro atoms. The molecule has 5 nitrogen and oxygen atoms in total. The molecule has 0 unspecified atom stereocenters. The molecule has 2 rings (SSSR count). The minimum absolute atomic E-state index is 0.200. The zero-order valence-corrected chi connectivity index (χ0v) is 15.2. The third kappa shape index (κ3) is 5.66. The molecule has 0 aliphatic rings. The summed E-state index contributed by atoms with van der Waals surface area (Å²) in [6.07, 6.45) is 1.97. The lowest BCUT2D eigenvalue weighted by molar-refractivity contribution is 0.0846. The fraction of sp³-hybridized carbons (Fsp3) is 0.222. The van der Waals surface area contributed by atoms with Gasteiger partial charge in [0, 0.05) is 10.6 Å². The van der Waals surface area contributed by atoms with Crippen LogP contribution in [0.1, 0.15) is 40.5 Å². The topological polar surface area (TPSA) is 67.4 Å². The van der Waals surface area contributed by atoms with Crippen molar-refractivity contribution in [2.24, 2.45) is 0 Å². The van der Waals surface area contributed by atoms with Crippen molar-refractivity contribution in [2.75, 3.05) is 6.61 Å². The van der Waals surface area contributed by atoms with Gasteiger partial charge in [-0.15, -0.1) is 0 Å². The molecule has 0 saturated heterocycles. The number of ether oxygens (including phenoxy) is 1. The number of hydrogen-bond donors (Lipinski definition) is 2. The molecule has 0 atom stereocenters. The zero-order chi connectivity index (χ0) is 18.2. The van der Waals surface area contributed by atoms with Gasteiger partial charge in [-0.2, -0.15) is 0 Å². The normalized spacial score (nSPS) is 10.2. The van der Waals surface area contributed by atoms with E-state index in [0.29, 0.717) is 22.9 Å². The Morgan fingerprint density at radius 1 is 1.04 bits per heavy atom. The summed E-state index contributed by atoms with van der Waals surface area (Å²) in [5, 5.41) is 0.621. The van der Waals surface area contributed by atoms with Crippen molar-refractivity contribution in [3.8, 4) is 5.75 Å². The second-order valence-corrected chi connectivity index (χ2v) is 6.11. The highest BCUT2D eigenvalue weighted by atomic mass is 35.5. The Morgan fingerprint density at radius 2 is 1.80 bits per heavy atom. The van der Waals surface area contributed by atoms with E-state index in [9.17, 15) is 9.59 Å². The third-order valence-corrected chi connectivity index (χ3v) is 3.88. The molecule has 0 heterocycles. The Balaban J connectivity index is 1.95. The van der Waals surface area contributed by atoms with E-state index in [0.717, 1.165) is 12.8 Å². The second kappa shape index (κ2) is 9.30. The van der Waals surface area contributed by atoms with Crippen molar-refractivity contribution >= 4 is 35.0 Å². The Bertz CT molecular complexity index is 766. The molecule has 2 aromatic carbocycles. The van der Waals surface area contributed by atoms with E-state index in [1.807, 2.05) is 0 Å². The summed E-state index contributed by atoms with van der Waals surface area (Å²) >= 11 is 11.8. The monoisotopic (exact) mass is 380 g/mol. The van der Waals surface area contributed by atoms with E-state index in [1.54, 1.807) is 30.3 Å². The van der Waals surface area contributed by atoms with Crippen molar-refractivity contribution in [1.82, 2.24) is 10.9 Å². The Hall–Kier alpha value is -2.24. The quantitative estimate of drug-likeness (QED) is 0.581. The number of hydrazine groups is 1. The van der Waals surface area contributed by atoms with Crippen molar-refractivity contribution in [1.29, 1.82) is 0 Å².